The minimum absolute atomic E-state index is 0.240. The van der Waals surface area contributed by atoms with Crippen LogP contribution in [0.2, 0.25) is 0 Å². The summed E-state index contributed by atoms with van der Waals surface area (Å²) in [5.41, 5.74) is 0. The van der Waals surface area contributed by atoms with Crippen LogP contribution in [-0.2, 0) is 9.84 Å². The van der Waals surface area contributed by atoms with Gasteiger partial charge in [-0.2, -0.15) is 0 Å². The van der Waals surface area contributed by atoms with E-state index in [1.165, 1.54) is 26.0 Å². The van der Waals surface area contributed by atoms with E-state index in [1.807, 2.05) is 0 Å². The molecule has 0 amide bonds. The summed E-state index contributed by atoms with van der Waals surface area (Å²) in [4.78, 5) is -0.240. The van der Waals surface area contributed by atoms with Crippen LogP contribution in [0.1, 0.15) is 13.8 Å². The van der Waals surface area contributed by atoms with Crippen molar-refractivity contribution in [1.29, 1.82) is 0 Å². The van der Waals surface area contributed by atoms with Crippen LogP contribution in [0.4, 0.5) is 4.39 Å². The van der Waals surface area contributed by atoms with Crippen molar-refractivity contribution in [2.75, 3.05) is 0 Å². The first-order valence-corrected chi connectivity index (χ1v) is 6.38. The Morgan fingerprint density at radius 1 is 1.36 bits per heavy atom. The molecule has 0 saturated heterocycles. The van der Waals surface area contributed by atoms with Gasteiger partial charge in [0, 0.05) is 4.47 Å². The topological polar surface area (TPSA) is 34.1 Å². The summed E-state index contributed by atoms with van der Waals surface area (Å²) >= 11 is 3.07. The molecule has 0 bridgehead atoms. The summed E-state index contributed by atoms with van der Waals surface area (Å²) in [7, 11) is -3.52. The van der Waals surface area contributed by atoms with Gasteiger partial charge in [0.15, 0.2) is 9.84 Å². The number of hydrogen-bond donors (Lipinski definition) is 0. The van der Waals surface area contributed by atoms with Crippen LogP contribution in [-0.4, -0.2) is 13.7 Å². The van der Waals surface area contributed by atoms with E-state index in [0.29, 0.717) is 4.47 Å². The normalized spacial score (nSPS) is 12.1. The minimum Gasteiger partial charge on any atom is -0.223 e. The predicted molar refractivity (Wildman–Crippen MR) is 56.4 cm³/mol. The number of hydrogen-bond acceptors (Lipinski definition) is 2. The van der Waals surface area contributed by atoms with Crippen LogP contribution in [0.15, 0.2) is 27.6 Å². The molecular formula is C9H10BrFO2S. The predicted octanol–water partition coefficient (Wildman–Crippen LogP) is 2.77. The highest BCUT2D eigenvalue weighted by molar-refractivity contribution is 9.10. The molecule has 0 saturated carbocycles. The van der Waals surface area contributed by atoms with Crippen LogP contribution in [0, 0.1) is 5.82 Å². The van der Waals surface area contributed by atoms with Crippen molar-refractivity contribution >= 4 is 25.8 Å². The van der Waals surface area contributed by atoms with Crippen LogP contribution < -0.4 is 0 Å². The van der Waals surface area contributed by atoms with Gasteiger partial charge in [0.2, 0.25) is 0 Å². The summed E-state index contributed by atoms with van der Waals surface area (Å²) in [5, 5.41) is -0.613. The van der Waals surface area contributed by atoms with E-state index in [2.05, 4.69) is 15.9 Å². The van der Waals surface area contributed by atoms with E-state index in [0.717, 1.165) is 6.07 Å². The highest BCUT2D eigenvalue weighted by Gasteiger charge is 2.22. The molecule has 1 rings (SSSR count). The summed E-state index contributed by atoms with van der Waals surface area (Å²) in [5.74, 6) is -0.715. The first-order chi connectivity index (χ1) is 6.35. The molecule has 0 unspecified atom stereocenters. The van der Waals surface area contributed by atoms with Crippen LogP contribution in [0.3, 0.4) is 0 Å². The lowest BCUT2D eigenvalue weighted by Crippen LogP contribution is -2.15. The van der Waals surface area contributed by atoms with Gasteiger partial charge in [-0.15, -0.1) is 0 Å². The van der Waals surface area contributed by atoms with Crippen LogP contribution in [0.5, 0.6) is 0 Å². The zero-order chi connectivity index (χ0) is 10.9. The van der Waals surface area contributed by atoms with Gasteiger partial charge < -0.3 is 0 Å². The first-order valence-electron chi connectivity index (χ1n) is 4.04. The molecule has 0 aliphatic heterocycles. The van der Waals surface area contributed by atoms with Crippen molar-refractivity contribution in [2.45, 2.75) is 24.0 Å². The molecule has 0 aromatic heterocycles. The van der Waals surface area contributed by atoms with Crippen molar-refractivity contribution in [2.24, 2.45) is 0 Å². The molecule has 78 valence electrons. The zero-order valence-electron chi connectivity index (χ0n) is 7.79. The lowest BCUT2D eigenvalue weighted by molar-refractivity contribution is 0.560. The Morgan fingerprint density at radius 2 is 1.93 bits per heavy atom. The second-order valence-electron chi connectivity index (χ2n) is 3.17. The Bertz CT molecular complexity index is 440. The van der Waals surface area contributed by atoms with Gasteiger partial charge >= 0.3 is 0 Å². The van der Waals surface area contributed by atoms with E-state index in [4.69, 9.17) is 0 Å². The highest BCUT2D eigenvalue weighted by atomic mass is 79.9. The van der Waals surface area contributed by atoms with Crippen molar-refractivity contribution < 1.29 is 12.8 Å². The highest BCUT2D eigenvalue weighted by Crippen LogP contribution is 2.22. The SMILES string of the molecule is CC(C)S(=O)(=O)c1ccc(Br)cc1F. The Hall–Kier alpha value is -0.420. The van der Waals surface area contributed by atoms with Crippen molar-refractivity contribution in [3.63, 3.8) is 0 Å². The maximum atomic E-state index is 13.3. The quantitative estimate of drug-likeness (QED) is 0.835. The third-order valence-electron chi connectivity index (χ3n) is 1.82. The zero-order valence-corrected chi connectivity index (χ0v) is 10.2. The second kappa shape index (κ2) is 3.98. The Morgan fingerprint density at radius 3 is 2.36 bits per heavy atom. The third kappa shape index (κ3) is 2.15. The average Bonchev–Trinajstić information content (AvgIpc) is 2.02. The summed E-state index contributed by atoms with van der Waals surface area (Å²) in [6.45, 7) is 3.05. The first kappa shape index (κ1) is 11.7. The number of sulfone groups is 1. The van der Waals surface area contributed by atoms with Gasteiger partial charge in [-0.05, 0) is 32.0 Å². The molecule has 0 N–H and O–H groups in total. The second-order valence-corrected chi connectivity index (χ2v) is 6.56. The van der Waals surface area contributed by atoms with E-state index in [9.17, 15) is 12.8 Å². The molecule has 5 heteroatoms. The molecule has 0 fully saturated rings. The fraction of sp³-hybridized carbons (Fsp3) is 0.333. The fourth-order valence-corrected chi connectivity index (χ4v) is 2.39. The molecule has 0 atom stereocenters. The number of halogens is 2. The van der Waals surface area contributed by atoms with Gasteiger partial charge in [0.1, 0.15) is 10.7 Å². The Labute approximate surface area is 91.2 Å². The van der Waals surface area contributed by atoms with E-state index >= 15 is 0 Å². The van der Waals surface area contributed by atoms with E-state index in [-0.39, 0.29) is 4.90 Å². The monoisotopic (exact) mass is 280 g/mol. The minimum atomic E-state index is -3.52. The maximum Gasteiger partial charge on any atom is 0.183 e. The van der Waals surface area contributed by atoms with Crippen LogP contribution >= 0.6 is 15.9 Å². The third-order valence-corrected chi connectivity index (χ3v) is 4.50. The van der Waals surface area contributed by atoms with Gasteiger partial charge in [-0.1, -0.05) is 15.9 Å². The number of benzene rings is 1. The lowest BCUT2D eigenvalue weighted by atomic mass is 10.3. The molecular weight excluding hydrogens is 271 g/mol. The Kier molecular flexibility index (Phi) is 3.32. The lowest BCUT2D eigenvalue weighted by Gasteiger charge is -2.08. The van der Waals surface area contributed by atoms with Gasteiger partial charge in [0.25, 0.3) is 0 Å². The average molecular weight is 281 g/mol. The fourth-order valence-electron chi connectivity index (χ4n) is 0.960. The van der Waals surface area contributed by atoms with Crippen molar-refractivity contribution in [3.05, 3.63) is 28.5 Å². The standard InChI is InChI=1S/C9H10BrFO2S/c1-6(2)14(12,13)9-4-3-7(10)5-8(9)11/h3-6H,1-2H3. The van der Waals surface area contributed by atoms with Crippen molar-refractivity contribution in [1.82, 2.24) is 0 Å². The summed E-state index contributed by atoms with van der Waals surface area (Å²) in [6, 6.07) is 3.93. The molecule has 0 radical (unpaired) electrons. The molecule has 2 nitrogen and oxygen atoms in total. The Balaban J connectivity index is 3.35. The van der Waals surface area contributed by atoms with E-state index in [1.54, 1.807) is 0 Å². The molecule has 0 aliphatic carbocycles. The van der Waals surface area contributed by atoms with Crippen LogP contribution in [0.25, 0.3) is 0 Å². The number of rotatable bonds is 2. The smallest absolute Gasteiger partial charge is 0.183 e. The molecule has 1 aromatic carbocycles. The maximum absolute atomic E-state index is 13.3. The van der Waals surface area contributed by atoms with E-state index < -0.39 is 20.9 Å². The van der Waals surface area contributed by atoms with Gasteiger partial charge in [-0.25, -0.2) is 12.8 Å². The van der Waals surface area contributed by atoms with Gasteiger partial charge in [0.05, 0.1) is 5.25 Å². The molecule has 0 aliphatic rings. The van der Waals surface area contributed by atoms with Crippen molar-refractivity contribution in [3.8, 4) is 0 Å². The largest absolute Gasteiger partial charge is 0.223 e. The molecule has 0 heterocycles. The summed E-state index contributed by atoms with van der Waals surface area (Å²) < 4.78 is 37.0. The summed E-state index contributed by atoms with van der Waals surface area (Å²) in [6.07, 6.45) is 0. The molecule has 0 spiro atoms. The van der Waals surface area contributed by atoms with Gasteiger partial charge in [-0.3, -0.25) is 0 Å². The molecule has 14 heavy (non-hydrogen) atoms. The molecule has 1 aromatic rings.